The van der Waals surface area contributed by atoms with Crippen molar-refractivity contribution in [1.82, 2.24) is 9.80 Å². The van der Waals surface area contributed by atoms with Crippen LogP contribution < -0.4 is 0 Å². The second-order valence-electron chi connectivity index (χ2n) is 4.38. The Morgan fingerprint density at radius 2 is 2.05 bits per heavy atom. The molecular formula is C11H12F3N5O2. The number of esters is 1. The van der Waals surface area contributed by atoms with Crippen LogP contribution in [-0.4, -0.2) is 66.8 Å². The van der Waals surface area contributed by atoms with Gasteiger partial charge in [-0.3, -0.25) is 9.89 Å². The highest BCUT2D eigenvalue weighted by molar-refractivity contribution is 6.35. The molecule has 0 aromatic heterocycles. The number of fused-ring (bicyclic) bond motifs is 1. The minimum Gasteiger partial charge on any atom is -0.465 e. The molecular weight excluding hydrogens is 291 g/mol. The van der Waals surface area contributed by atoms with E-state index < -0.39 is 17.8 Å². The Bertz CT molecular complexity index is 579. The molecule has 0 aromatic rings. The molecule has 0 amide bonds. The Morgan fingerprint density at radius 1 is 1.38 bits per heavy atom. The van der Waals surface area contributed by atoms with Crippen molar-refractivity contribution < 1.29 is 22.7 Å². The van der Waals surface area contributed by atoms with E-state index in [9.17, 15) is 18.0 Å². The molecule has 0 N–H and O–H groups in total. The fourth-order valence-electron chi connectivity index (χ4n) is 1.79. The van der Waals surface area contributed by atoms with E-state index in [1.807, 2.05) is 0 Å². The normalized spacial score (nSPS) is 24.2. The van der Waals surface area contributed by atoms with Crippen LogP contribution in [0.5, 0.6) is 0 Å². The molecule has 0 aliphatic carbocycles. The van der Waals surface area contributed by atoms with Crippen LogP contribution in [0.25, 0.3) is 0 Å². The fraction of sp³-hybridized carbons (Fsp3) is 0.455. The van der Waals surface area contributed by atoms with Crippen molar-refractivity contribution in [2.24, 2.45) is 15.0 Å². The minimum absolute atomic E-state index is 0.106. The largest absolute Gasteiger partial charge is 0.465 e. The Kier molecular flexibility index (Phi) is 3.47. The van der Waals surface area contributed by atoms with Gasteiger partial charge in [0.1, 0.15) is 0 Å². The second-order valence-corrected chi connectivity index (χ2v) is 4.38. The maximum Gasteiger partial charge on any atom is 0.446 e. The number of carbonyl (C=O) groups excluding carboxylic acids is 1. The molecule has 0 saturated heterocycles. The lowest BCUT2D eigenvalue weighted by Gasteiger charge is -2.37. The van der Waals surface area contributed by atoms with Crippen LogP contribution in [-0.2, 0) is 9.53 Å². The first-order chi connectivity index (χ1) is 9.73. The van der Waals surface area contributed by atoms with E-state index in [-0.39, 0.29) is 11.8 Å². The molecule has 1 atom stereocenters. The highest BCUT2D eigenvalue weighted by Gasteiger charge is 2.65. The SMILES string of the molecule is COC(=O)C1(C(F)(F)F)N=C2C=NC=CN2C(N(C)C)=N1. The number of hydrogen-bond donors (Lipinski definition) is 0. The highest BCUT2D eigenvalue weighted by Crippen LogP contribution is 2.39. The first-order valence-electron chi connectivity index (χ1n) is 5.74. The number of hydrogen-bond acceptors (Lipinski definition) is 7. The molecule has 2 rings (SSSR count). The zero-order chi connectivity index (χ0) is 15.8. The summed E-state index contributed by atoms with van der Waals surface area (Å²) < 4.78 is 44.5. The average Bonchev–Trinajstić information content (AvgIpc) is 2.43. The minimum atomic E-state index is -5.05. The summed E-state index contributed by atoms with van der Waals surface area (Å²) in [5.74, 6) is -1.87. The standard InChI is InChI=1S/C11H12F3N5O2/c1-18(2)9-17-10(8(20)21-3,11(12,13)14)16-7-6-15-4-5-19(7)9/h4-6H,1-3H3. The predicted octanol–water partition coefficient (Wildman–Crippen LogP) is 0.605. The Balaban J connectivity index is 2.68. The van der Waals surface area contributed by atoms with Crippen molar-refractivity contribution in [1.29, 1.82) is 0 Å². The summed E-state index contributed by atoms with van der Waals surface area (Å²) >= 11 is 0. The maximum absolute atomic E-state index is 13.4. The number of guanidine groups is 1. The third kappa shape index (κ3) is 2.26. The average molecular weight is 303 g/mol. The summed E-state index contributed by atoms with van der Waals surface area (Å²) in [6.07, 6.45) is -1.16. The van der Waals surface area contributed by atoms with Crippen LogP contribution in [0, 0.1) is 0 Å². The Labute approximate surface area is 118 Å². The van der Waals surface area contributed by atoms with Crippen LogP contribution in [0.2, 0.25) is 0 Å². The summed E-state index contributed by atoms with van der Waals surface area (Å²) in [5.41, 5.74) is -3.33. The van der Waals surface area contributed by atoms with Gasteiger partial charge in [-0.05, 0) is 0 Å². The molecule has 2 aliphatic heterocycles. The number of nitrogens with zero attached hydrogens (tertiary/aromatic N) is 5. The molecule has 0 bridgehead atoms. The van der Waals surface area contributed by atoms with Crippen molar-refractivity contribution in [3.63, 3.8) is 0 Å². The van der Waals surface area contributed by atoms with Gasteiger partial charge >= 0.3 is 17.8 Å². The number of amidine groups is 1. The van der Waals surface area contributed by atoms with E-state index in [4.69, 9.17) is 0 Å². The van der Waals surface area contributed by atoms with E-state index >= 15 is 0 Å². The number of methoxy groups -OCH3 is 1. The van der Waals surface area contributed by atoms with E-state index in [0.717, 1.165) is 13.3 Å². The summed E-state index contributed by atoms with van der Waals surface area (Å²) in [6.45, 7) is 0. The number of rotatable bonds is 1. The topological polar surface area (TPSA) is 69.9 Å². The number of ether oxygens (including phenoxy) is 1. The van der Waals surface area contributed by atoms with Gasteiger partial charge in [0.15, 0.2) is 5.84 Å². The van der Waals surface area contributed by atoms with Crippen molar-refractivity contribution >= 4 is 24.0 Å². The monoisotopic (exact) mass is 303 g/mol. The van der Waals surface area contributed by atoms with Gasteiger partial charge in [-0.2, -0.15) is 13.2 Å². The number of aliphatic imine (C=N–C) groups is 3. The van der Waals surface area contributed by atoms with Crippen molar-refractivity contribution in [2.75, 3.05) is 21.2 Å². The van der Waals surface area contributed by atoms with Gasteiger partial charge in [-0.15, -0.1) is 0 Å². The quantitative estimate of drug-likeness (QED) is 0.665. The molecule has 0 spiro atoms. The molecule has 0 fully saturated rings. The van der Waals surface area contributed by atoms with Gasteiger partial charge in [0.25, 0.3) is 0 Å². The third-order valence-electron chi connectivity index (χ3n) is 2.76. The predicted molar refractivity (Wildman–Crippen MR) is 68.8 cm³/mol. The highest BCUT2D eigenvalue weighted by atomic mass is 19.4. The number of alkyl halides is 3. The lowest BCUT2D eigenvalue weighted by Crippen LogP contribution is -2.58. The molecule has 0 radical (unpaired) electrons. The van der Waals surface area contributed by atoms with Gasteiger partial charge in [0.05, 0.1) is 13.3 Å². The smallest absolute Gasteiger partial charge is 0.446 e. The fourth-order valence-corrected chi connectivity index (χ4v) is 1.79. The van der Waals surface area contributed by atoms with Crippen LogP contribution >= 0.6 is 0 Å². The van der Waals surface area contributed by atoms with Crippen molar-refractivity contribution in [3.8, 4) is 0 Å². The van der Waals surface area contributed by atoms with Gasteiger partial charge in [0, 0.05) is 26.5 Å². The molecule has 0 aromatic carbocycles. The van der Waals surface area contributed by atoms with Gasteiger partial charge < -0.3 is 9.64 Å². The first-order valence-corrected chi connectivity index (χ1v) is 5.74. The van der Waals surface area contributed by atoms with Crippen LogP contribution in [0.3, 0.4) is 0 Å². The lowest BCUT2D eigenvalue weighted by atomic mass is 10.1. The maximum atomic E-state index is 13.4. The molecule has 10 heteroatoms. The van der Waals surface area contributed by atoms with Crippen LogP contribution in [0.15, 0.2) is 27.4 Å². The van der Waals surface area contributed by atoms with Gasteiger partial charge in [0.2, 0.25) is 5.96 Å². The number of carbonyl (C=O) groups is 1. The third-order valence-corrected chi connectivity index (χ3v) is 2.76. The molecule has 2 heterocycles. The molecule has 2 aliphatic rings. The van der Waals surface area contributed by atoms with E-state index in [1.165, 1.54) is 36.3 Å². The van der Waals surface area contributed by atoms with E-state index in [1.54, 1.807) is 0 Å². The van der Waals surface area contributed by atoms with Gasteiger partial charge in [-0.25, -0.2) is 14.8 Å². The van der Waals surface area contributed by atoms with Gasteiger partial charge in [-0.1, -0.05) is 0 Å². The van der Waals surface area contributed by atoms with E-state index in [0.29, 0.717) is 0 Å². The second kappa shape index (κ2) is 4.86. The zero-order valence-corrected chi connectivity index (χ0v) is 11.4. The van der Waals surface area contributed by atoms with Crippen molar-refractivity contribution in [2.45, 2.75) is 11.8 Å². The van der Waals surface area contributed by atoms with Crippen LogP contribution in [0.4, 0.5) is 13.2 Å². The summed E-state index contributed by atoms with van der Waals surface area (Å²) in [6, 6.07) is 0. The molecule has 0 saturated carbocycles. The molecule has 21 heavy (non-hydrogen) atoms. The Morgan fingerprint density at radius 3 is 2.57 bits per heavy atom. The number of halogens is 3. The molecule has 114 valence electrons. The zero-order valence-electron chi connectivity index (χ0n) is 11.4. The molecule has 7 nitrogen and oxygen atoms in total. The first kappa shape index (κ1) is 15.0. The summed E-state index contributed by atoms with van der Waals surface area (Å²) in [5, 5.41) is 0. The summed E-state index contributed by atoms with van der Waals surface area (Å²) in [7, 11) is 3.85. The van der Waals surface area contributed by atoms with Crippen LogP contribution in [0.1, 0.15) is 0 Å². The Hall–Kier alpha value is -2.39. The van der Waals surface area contributed by atoms with Crippen molar-refractivity contribution in [3.05, 3.63) is 12.4 Å². The lowest BCUT2D eigenvalue weighted by molar-refractivity contribution is -0.202. The molecule has 1 unspecified atom stereocenters. The summed E-state index contributed by atoms with van der Waals surface area (Å²) in [4.78, 5) is 25.0. The van der Waals surface area contributed by atoms with E-state index in [2.05, 4.69) is 19.7 Å².